The summed E-state index contributed by atoms with van der Waals surface area (Å²) in [5.41, 5.74) is -1.05. The van der Waals surface area contributed by atoms with Crippen molar-refractivity contribution in [2.24, 2.45) is 0 Å². The van der Waals surface area contributed by atoms with Crippen LogP contribution in [0.2, 0.25) is 0 Å². The van der Waals surface area contributed by atoms with Gasteiger partial charge in [0.15, 0.2) is 0 Å². The van der Waals surface area contributed by atoms with Crippen LogP contribution in [-0.4, -0.2) is 42.0 Å². The lowest BCUT2D eigenvalue weighted by Crippen LogP contribution is -2.46. The highest BCUT2D eigenvalue weighted by Gasteiger charge is 2.34. The lowest BCUT2D eigenvalue weighted by molar-refractivity contribution is -0.393. The summed E-state index contributed by atoms with van der Waals surface area (Å²) in [7, 11) is 2.85. The fourth-order valence-electron chi connectivity index (χ4n) is 2.33. The van der Waals surface area contributed by atoms with E-state index in [1.165, 1.54) is 30.5 Å². The van der Waals surface area contributed by atoms with Gasteiger partial charge in [-0.25, -0.2) is 4.79 Å². The maximum atomic E-state index is 12.5. The normalized spacial score (nSPS) is 12.3. The van der Waals surface area contributed by atoms with Crippen LogP contribution in [0.1, 0.15) is 26.3 Å². The maximum Gasteiger partial charge on any atom is 0.331 e. The van der Waals surface area contributed by atoms with Crippen LogP contribution in [0.3, 0.4) is 0 Å². The Morgan fingerprint density at radius 1 is 1.03 bits per heavy atom. The van der Waals surface area contributed by atoms with Crippen molar-refractivity contribution in [3.8, 4) is 0 Å². The molecule has 1 aromatic carbocycles. The second-order valence-corrected chi connectivity index (χ2v) is 8.36. The first-order valence-corrected chi connectivity index (χ1v) is 9.87. The van der Waals surface area contributed by atoms with E-state index in [2.05, 4.69) is 4.98 Å². The van der Waals surface area contributed by atoms with Gasteiger partial charge in [0.25, 0.3) is 5.56 Å². The molecule has 29 heavy (non-hydrogen) atoms. The third kappa shape index (κ3) is 6.28. The predicted octanol–water partition coefficient (Wildman–Crippen LogP) is 2.73. The van der Waals surface area contributed by atoms with Gasteiger partial charge in [-0.1, -0.05) is 30.0 Å². The largest absolute Gasteiger partial charge is 0.367 e. The molecule has 8 nitrogen and oxygen atoms in total. The smallest absolute Gasteiger partial charge is 0.331 e. The molecular formula is C20H28N2O6S. The Morgan fingerprint density at radius 3 is 2.21 bits per heavy atom. The fourth-order valence-corrected chi connectivity index (χ4v) is 3.34. The molecule has 1 aromatic heterocycles. The quantitative estimate of drug-likeness (QED) is 0.489. The van der Waals surface area contributed by atoms with Gasteiger partial charge >= 0.3 is 11.7 Å². The minimum Gasteiger partial charge on any atom is -0.367 e. The van der Waals surface area contributed by atoms with Crippen molar-refractivity contribution in [2.45, 2.75) is 55.9 Å². The van der Waals surface area contributed by atoms with E-state index in [-0.39, 0.29) is 13.3 Å². The molecule has 0 atom stereocenters. The Kier molecular flexibility index (Phi) is 7.84. The summed E-state index contributed by atoms with van der Waals surface area (Å²) >= 11 is 1.30. The zero-order valence-electron chi connectivity index (χ0n) is 17.6. The first kappa shape index (κ1) is 23.4. The van der Waals surface area contributed by atoms with Crippen LogP contribution in [0, 0.1) is 6.92 Å². The van der Waals surface area contributed by atoms with E-state index in [0.717, 1.165) is 4.90 Å². The van der Waals surface area contributed by atoms with Crippen LogP contribution in [0.15, 0.2) is 49.8 Å². The number of ether oxygens (including phenoxy) is 4. The van der Waals surface area contributed by atoms with Crippen molar-refractivity contribution in [1.82, 2.24) is 9.55 Å². The first-order chi connectivity index (χ1) is 13.6. The average molecular weight is 425 g/mol. The number of aromatic amines is 1. The molecule has 2 rings (SSSR count). The third-order valence-corrected chi connectivity index (χ3v) is 5.28. The summed E-state index contributed by atoms with van der Waals surface area (Å²) in [6.45, 7) is 7.12. The van der Waals surface area contributed by atoms with E-state index >= 15 is 0 Å². The van der Waals surface area contributed by atoms with Crippen molar-refractivity contribution in [3.63, 3.8) is 0 Å². The minimum atomic E-state index is -1.51. The molecule has 1 N–H and O–H groups in total. The summed E-state index contributed by atoms with van der Waals surface area (Å²) in [5.74, 6) is -1.51. The van der Waals surface area contributed by atoms with Gasteiger partial charge < -0.3 is 18.9 Å². The van der Waals surface area contributed by atoms with Gasteiger partial charge in [0.1, 0.15) is 13.3 Å². The van der Waals surface area contributed by atoms with E-state index in [1.807, 2.05) is 51.1 Å². The lowest BCUT2D eigenvalue weighted by atomic mass is 10.2. The second kappa shape index (κ2) is 9.73. The van der Waals surface area contributed by atoms with Crippen LogP contribution in [0.4, 0.5) is 0 Å². The summed E-state index contributed by atoms with van der Waals surface area (Å²) in [5, 5.41) is 0.475. The van der Waals surface area contributed by atoms with E-state index in [0.29, 0.717) is 10.6 Å². The topological polar surface area (TPSA) is 91.8 Å². The Balaban J connectivity index is 2.34. The highest BCUT2D eigenvalue weighted by atomic mass is 32.2. The number of methoxy groups -OCH3 is 2. The fraction of sp³-hybridized carbons (Fsp3) is 0.500. The van der Waals surface area contributed by atoms with Crippen LogP contribution >= 0.6 is 11.8 Å². The highest BCUT2D eigenvalue weighted by Crippen LogP contribution is 2.28. The van der Waals surface area contributed by atoms with Crippen LogP contribution < -0.4 is 11.2 Å². The van der Waals surface area contributed by atoms with Crippen molar-refractivity contribution in [1.29, 1.82) is 0 Å². The van der Waals surface area contributed by atoms with E-state index < -0.39 is 22.8 Å². The standard InChI is InChI=1S/C20H28N2O6S/c1-14-16(23)21-18(24)22(17(14)29-15-10-8-7-9-11-15)13-28-20(25-5,26-6)12-27-19(2,3)4/h7-11H,12-13H2,1-6H3,(H,21,23,24). The van der Waals surface area contributed by atoms with Crippen molar-refractivity contribution in [3.05, 3.63) is 56.7 Å². The molecule has 2 aromatic rings. The third-order valence-electron chi connectivity index (χ3n) is 4.05. The number of rotatable bonds is 9. The first-order valence-electron chi connectivity index (χ1n) is 9.05. The summed E-state index contributed by atoms with van der Waals surface area (Å²) in [4.78, 5) is 27.8. The monoisotopic (exact) mass is 424 g/mol. The van der Waals surface area contributed by atoms with Gasteiger partial charge in [-0.3, -0.25) is 14.3 Å². The molecule has 0 fully saturated rings. The van der Waals surface area contributed by atoms with Crippen molar-refractivity contribution >= 4 is 11.8 Å². The van der Waals surface area contributed by atoms with Crippen molar-refractivity contribution in [2.75, 3.05) is 20.8 Å². The number of hydrogen-bond acceptors (Lipinski definition) is 7. The van der Waals surface area contributed by atoms with Gasteiger partial charge in [-0.05, 0) is 39.8 Å². The van der Waals surface area contributed by atoms with Crippen LogP contribution in [0.25, 0.3) is 0 Å². The Hall–Kier alpha value is -1.91. The van der Waals surface area contributed by atoms with Gasteiger partial charge in [-0.2, -0.15) is 0 Å². The summed E-state index contributed by atoms with van der Waals surface area (Å²) < 4.78 is 23.7. The molecule has 0 aliphatic heterocycles. The zero-order chi connectivity index (χ0) is 21.7. The average Bonchev–Trinajstić information content (AvgIpc) is 2.68. The van der Waals surface area contributed by atoms with Gasteiger partial charge in [-0.15, -0.1) is 0 Å². The molecule has 9 heteroatoms. The molecule has 0 spiro atoms. The van der Waals surface area contributed by atoms with Gasteiger partial charge in [0.05, 0.1) is 10.6 Å². The molecule has 0 saturated heterocycles. The highest BCUT2D eigenvalue weighted by molar-refractivity contribution is 7.99. The predicted molar refractivity (Wildman–Crippen MR) is 110 cm³/mol. The lowest BCUT2D eigenvalue weighted by Gasteiger charge is -2.33. The van der Waals surface area contributed by atoms with Crippen LogP contribution in [-0.2, 0) is 25.7 Å². The van der Waals surface area contributed by atoms with Gasteiger partial charge in [0, 0.05) is 24.7 Å². The molecule has 0 unspecified atom stereocenters. The molecule has 0 radical (unpaired) electrons. The number of hydrogen-bond donors (Lipinski definition) is 1. The Bertz CT molecular complexity index is 913. The number of benzene rings is 1. The molecule has 0 amide bonds. The Morgan fingerprint density at radius 2 is 1.66 bits per heavy atom. The molecule has 160 valence electrons. The van der Waals surface area contributed by atoms with Gasteiger partial charge in [0.2, 0.25) is 0 Å². The number of aromatic nitrogens is 2. The SMILES string of the molecule is COC(COC(C)(C)C)(OC)OCn1c(Sc2ccccc2)c(C)c(=O)[nH]c1=O. The summed E-state index contributed by atoms with van der Waals surface area (Å²) in [6.07, 6.45) is 0. The van der Waals surface area contributed by atoms with Crippen LogP contribution in [0.5, 0.6) is 0 Å². The van der Waals surface area contributed by atoms with Crippen molar-refractivity contribution < 1.29 is 18.9 Å². The molecule has 0 saturated carbocycles. The Labute approximate surface area is 174 Å². The number of nitrogens with one attached hydrogen (secondary N) is 1. The zero-order valence-corrected chi connectivity index (χ0v) is 18.4. The minimum absolute atomic E-state index is 0.0122. The van der Waals surface area contributed by atoms with E-state index in [4.69, 9.17) is 18.9 Å². The molecular weight excluding hydrogens is 396 g/mol. The molecule has 1 heterocycles. The summed E-state index contributed by atoms with van der Waals surface area (Å²) in [6, 6.07) is 9.45. The molecule has 0 aliphatic rings. The number of nitrogens with zero attached hydrogens (tertiary/aromatic N) is 1. The van der Waals surface area contributed by atoms with E-state index in [1.54, 1.807) is 6.92 Å². The maximum absolute atomic E-state index is 12.5. The second-order valence-electron chi connectivity index (χ2n) is 7.30. The number of H-pyrrole nitrogens is 1. The van der Waals surface area contributed by atoms with E-state index in [9.17, 15) is 9.59 Å². The molecule has 0 aliphatic carbocycles. The molecule has 0 bridgehead atoms.